The van der Waals surface area contributed by atoms with Crippen molar-refractivity contribution in [1.29, 1.82) is 0 Å². The van der Waals surface area contributed by atoms with Crippen LogP contribution in [0, 0.1) is 11.8 Å². The molecule has 2 aromatic rings. The first kappa shape index (κ1) is 10.4. The lowest BCUT2D eigenvalue weighted by molar-refractivity contribution is 0.471. The molecule has 0 spiro atoms. The maximum Gasteiger partial charge on any atom is 0.139 e. The van der Waals surface area contributed by atoms with Crippen molar-refractivity contribution >= 4 is 16.8 Å². The van der Waals surface area contributed by atoms with Gasteiger partial charge in [0, 0.05) is 31.9 Å². The van der Waals surface area contributed by atoms with Crippen molar-refractivity contribution in [2.45, 2.75) is 13.0 Å². The fourth-order valence-electron chi connectivity index (χ4n) is 3.56. The molecular weight excluding hydrogens is 226 g/mol. The Kier molecular flexibility index (Phi) is 2.14. The van der Waals surface area contributed by atoms with Crippen molar-refractivity contribution in [3.63, 3.8) is 0 Å². The fraction of sp³-hybridized carbons (Fsp3) is 0.500. The van der Waals surface area contributed by atoms with Crippen LogP contribution in [0.5, 0.6) is 0 Å². The Morgan fingerprint density at radius 2 is 2.33 bits per heavy atom. The average molecular weight is 243 g/mol. The van der Waals surface area contributed by atoms with E-state index in [1.165, 1.54) is 0 Å². The van der Waals surface area contributed by atoms with Gasteiger partial charge in [-0.3, -0.25) is 0 Å². The van der Waals surface area contributed by atoms with Gasteiger partial charge in [0.15, 0.2) is 0 Å². The summed E-state index contributed by atoms with van der Waals surface area (Å²) in [4.78, 5) is 7.04. The molecule has 2 aliphatic heterocycles. The van der Waals surface area contributed by atoms with E-state index in [4.69, 9.17) is 4.42 Å². The van der Waals surface area contributed by atoms with E-state index in [0.717, 1.165) is 48.3 Å². The van der Waals surface area contributed by atoms with E-state index >= 15 is 0 Å². The van der Waals surface area contributed by atoms with Gasteiger partial charge in [0.1, 0.15) is 11.4 Å². The molecule has 0 bridgehead atoms. The van der Waals surface area contributed by atoms with Crippen LogP contribution in [0.2, 0.25) is 0 Å². The Labute approximate surface area is 106 Å². The summed E-state index contributed by atoms with van der Waals surface area (Å²) in [7, 11) is 0. The molecule has 0 aromatic carbocycles. The molecule has 2 saturated heterocycles. The second kappa shape index (κ2) is 3.72. The van der Waals surface area contributed by atoms with Crippen LogP contribution in [0.1, 0.15) is 6.92 Å². The Morgan fingerprint density at radius 1 is 1.39 bits per heavy atom. The highest BCUT2D eigenvalue weighted by molar-refractivity contribution is 5.88. The molecule has 18 heavy (non-hydrogen) atoms. The van der Waals surface area contributed by atoms with Crippen LogP contribution in [0.15, 0.2) is 29.0 Å². The quantitative estimate of drug-likeness (QED) is 0.830. The second-order valence-electron chi connectivity index (χ2n) is 5.44. The van der Waals surface area contributed by atoms with E-state index in [-0.39, 0.29) is 0 Å². The number of rotatable bonds is 1. The number of aromatic nitrogens is 1. The Balaban J connectivity index is 1.77. The van der Waals surface area contributed by atoms with Crippen LogP contribution in [-0.4, -0.2) is 30.7 Å². The van der Waals surface area contributed by atoms with Gasteiger partial charge in [-0.2, -0.15) is 0 Å². The molecule has 4 heterocycles. The minimum absolute atomic E-state index is 0.554. The minimum atomic E-state index is 0.554. The zero-order valence-corrected chi connectivity index (χ0v) is 10.5. The first-order valence-electron chi connectivity index (χ1n) is 6.64. The lowest BCUT2D eigenvalue weighted by atomic mass is 9.95. The molecule has 4 rings (SSSR count). The molecule has 0 aliphatic carbocycles. The summed E-state index contributed by atoms with van der Waals surface area (Å²) in [5.41, 5.74) is 0.933. The Morgan fingerprint density at radius 3 is 3.22 bits per heavy atom. The van der Waals surface area contributed by atoms with Gasteiger partial charge in [0.25, 0.3) is 0 Å². The van der Waals surface area contributed by atoms with Crippen molar-refractivity contribution in [2.75, 3.05) is 24.5 Å². The lowest BCUT2D eigenvalue weighted by Gasteiger charge is -2.25. The summed E-state index contributed by atoms with van der Waals surface area (Å²) in [6, 6.07) is 4.51. The number of nitrogens with one attached hydrogen (secondary N) is 1. The maximum atomic E-state index is 5.47. The third kappa shape index (κ3) is 1.32. The molecule has 3 unspecified atom stereocenters. The van der Waals surface area contributed by atoms with Crippen molar-refractivity contribution in [3.05, 3.63) is 24.6 Å². The van der Waals surface area contributed by atoms with E-state index < -0.39 is 0 Å². The number of fused-ring (bicyclic) bond motifs is 2. The van der Waals surface area contributed by atoms with E-state index in [1.807, 2.05) is 18.3 Å². The van der Waals surface area contributed by atoms with Crippen LogP contribution in [0.3, 0.4) is 0 Å². The zero-order valence-electron chi connectivity index (χ0n) is 10.5. The van der Waals surface area contributed by atoms with Crippen molar-refractivity contribution in [2.24, 2.45) is 11.8 Å². The van der Waals surface area contributed by atoms with E-state index in [2.05, 4.69) is 22.1 Å². The number of anilines is 1. The molecule has 4 heteroatoms. The van der Waals surface area contributed by atoms with Crippen LogP contribution in [0.4, 0.5) is 5.82 Å². The van der Waals surface area contributed by atoms with Gasteiger partial charge in [-0.15, -0.1) is 0 Å². The molecular formula is C14H17N3O. The summed E-state index contributed by atoms with van der Waals surface area (Å²) in [5, 5.41) is 4.63. The molecule has 2 aromatic heterocycles. The lowest BCUT2D eigenvalue weighted by Crippen LogP contribution is -2.33. The van der Waals surface area contributed by atoms with Crippen LogP contribution < -0.4 is 10.2 Å². The van der Waals surface area contributed by atoms with Gasteiger partial charge >= 0.3 is 0 Å². The highest BCUT2D eigenvalue weighted by atomic mass is 16.3. The first-order chi connectivity index (χ1) is 8.84. The van der Waals surface area contributed by atoms with Gasteiger partial charge in [-0.1, -0.05) is 0 Å². The largest absolute Gasteiger partial charge is 0.464 e. The minimum Gasteiger partial charge on any atom is -0.464 e. The number of hydrogen-bond acceptors (Lipinski definition) is 4. The number of furan rings is 1. The summed E-state index contributed by atoms with van der Waals surface area (Å²) in [6.07, 6.45) is 3.60. The second-order valence-corrected chi connectivity index (χ2v) is 5.44. The van der Waals surface area contributed by atoms with Crippen molar-refractivity contribution in [3.8, 4) is 0 Å². The van der Waals surface area contributed by atoms with Gasteiger partial charge in [-0.05, 0) is 30.9 Å². The fourth-order valence-corrected chi connectivity index (χ4v) is 3.56. The van der Waals surface area contributed by atoms with Crippen LogP contribution in [-0.2, 0) is 0 Å². The van der Waals surface area contributed by atoms with Gasteiger partial charge in [0.2, 0.25) is 0 Å². The molecule has 2 aliphatic rings. The predicted molar refractivity (Wildman–Crippen MR) is 70.7 cm³/mol. The number of hydrogen-bond donors (Lipinski definition) is 1. The van der Waals surface area contributed by atoms with E-state index in [9.17, 15) is 0 Å². The average Bonchev–Trinajstić information content (AvgIpc) is 3.06. The molecule has 4 nitrogen and oxygen atoms in total. The van der Waals surface area contributed by atoms with Gasteiger partial charge < -0.3 is 14.6 Å². The van der Waals surface area contributed by atoms with E-state index in [1.54, 1.807) is 6.26 Å². The highest BCUT2D eigenvalue weighted by Gasteiger charge is 2.42. The number of nitrogens with zero attached hydrogens (tertiary/aromatic N) is 2. The normalized spacial score (nSPS) is 31.2. The summed E-state index contributed by atoms with van der Waals surface area (Å²) in [5.74, 6) is 2.61. The summed E-state index contributed by atoms with van der Waals surface area (Å²) < 4.78 is 5.47. The SMILES string of the molecule is CC1C2CNCC2CN1c1nccc2occc12. The maximum absolute atomic E-state index is 5.47. The summed E-state index contributed by atoms with van der Waals surface area (Å²) >= 11 is 0. The molecule has 0 amide bonds. The third-order valence-electron chi connectivity index (χ3n) is 4.57. The smallest absolute Gasteiger partial charge is 0.139 e. The molecule has 0 saturated carbocycles. The standard InChI is InChI=1S/C14H17N3O/c1-9-12-7-15-6-10(12)8-17(9)14-11-3-5-18-13(11)2-4-16-14/h2-5,9-10,12,15H,6-8H2,1H3. The first-order valence-corrected chi connectivity index (χ1v) is 6.64. The predicted octanol–water partition coefficient (Wildman–Crippen LogP) is 1.87. The Hall–Kier alpha value is -1.55. The van der Waals surface area contributed by atoms with Gasteiger partial charge in [-0.25, -0.2) is 4.98 Å². The highest BCUT2D eigenvalue weighted by Crippen LogP contribution is 2.37. The van der Waals surface area contributed by atoms with Gasteiger partial charge in [0.05, 0.1) is 11.6 Å². The van der Waals surface area contributed by atoms with Crippen LogP contribution >= 0.6 is 0 Å². The van der Waals surface area contributed by atoms with Crippen molar-refractivity contribution in [1.82, 2.24) is 10.3 Å². The molecule has 0 radical (unpaired) electrons. The van der Waals surface area contributed by atoms with Crippen LogP contribution in [0.25, 0.3) is 11.0 Å². The van der Waals surface area contributed by atoms with Crippen molar-refractivity contribution < 1.29 is 4.42 Å². The molecule has 3 atom stereocenters. The monoisotopic (exact) mass is 243 g/mol. The number of pyridine rings is 1. The zero-order chi connectivity index (χ0) is 12.1. The third-order valence-corrected chi connectivity index (χ3v) is 4.57. The topological polar surface area (TPSA) is 41.3 Å². The molecule has 2 fully saturated rings. The van der Waals surface area contributed by atoms with E-state index in [0.29, 0.717) is 6.04 Å². The molecule has 94 valence electrons. The Bertz CT molecular complexity index is 579. The summed E-state index contributed by atoms with van der Waals surface area (Å²) in [6.45, 7) is 5.71. The molecule has 1 N–H and O–H groups in total.